The van der Waals surface area contributed by atoms with Crippen molar-refractivity contribution in [3.63, 3.8) is 0 Å². The molecule has 6 nitrogen and oxygen atoms in total. The van der Waals surface area contributed by atoms with Gasteiger partial charge in [-0.1, -0.05) is 13.8 Å². The second-order valence-electron chi connectivity index (χ2n) is 5.99. The number of methoxy groups -OCH3 is 1. The largest absolute Gasteiger partial charge is 0.495 e. The van der Waals surface area contributed by atoms with Crippen molar-refractivity contribution in [2.45, 2.75) is 20.3 Å². The van der Waals surface area contributed by atoms with Gasteiger partial charge in [0.2, 0.25) is 0 Å². The second-order valence-corrected chi connectivity index (χ2v) is 5.99. The number of aromatic carboxylic acids is 1. The molecule has 0 aliphatic carbocycles. The SMILES string of the molecule is COc1ccc(C(=O)O)cc1NC(=O)N1CCC(C)(C)C1. The maximum Gasteiger partial charge on any atom is 0.335 e. The lowest BCUT2D eigenvalue weighted by molar-refractivity contribution is 0.0697. The third-order valence-corrected chi connectivity index (χ3v) is 3.65. The highest BCUT2D eigenvalue weighted by molar-refractivity contribution is 5.95. The molecular formula is C15H20N2O4. The van der Waals surface area contributed by atoms with Crippen LogP contribution in [0.25, 0.3) is 0 Å². The van der Waals surface area contributed by atoms with Gasteiger partial charge in [-0.3, -0.25) is 0 Å². The minimum atomic E-state index is -1.05. The molecule has 1 aromatic carbocycles. The summed E-state index contributed by atoms with van der Waals surface area (Å²) in [7, 11) is 1.48. The number of urea groups is 1. The number of carboxylic acid groups (broad SMARTS) is 1. The molecule has 1 aromatic rings. The van der Waals surface area contributed by atoms with Crippen molar-refractivity contribution >= 4 is 17.7 Å². The predicted octanol–water partition coefficient (Wildman–Crippen LogP) is 2.66. The molecule has 21 heavy (non-hydrogen) atoms. The summed E-state index contributed by atoms with van der Waals surface area (Å²) in [6.07, 6.45) is 0.951. The van der Waals surface area contributed by atoms with Crippen molar-refractivity contribution in [3.05, 3.63) is 23.8 Å². The second kappa shape index (κ2) is 5.63. The van der Waals surface area contributed by atoms with E-state index in [1.807, 2.05) is 0 Å². The molecule has 0 radical (unpaired) electrons. The van der Waals surface area contributed by atoms with E-state index in [1.54, 1.807) is 4.90 Å². The van der Waals surface area contributed by atoms with Crippen LogP contribution in [0.4, 0.5) is 10.5 Å². The molecule has 0 atom stereocenters. The molecule has 1 saturated heterocycles. The highest BCUT2D eigenvalue weighted by Gasteiger charge is 2.32. The van der Waals surface area contributed by atoms with Crippen molar-refractivity contribution in [1.29, 1.82) is 0 Å². The maximum absolute atomic E-state index is 12.3. The fourth-order valence-electron chi connectivity index (χ4n) is 2.42. The Kier molecular flexibility index (Phi) is 4.06. The van der Waals surface area contributed by atoms with Crippen LogP contribution in [0.5, 0.6) is 5.75 Å². The van der Waals surface area contributed by atoms with E-state index in [0.717, 1.165) is 6.42 Å². The third-order valence-electron chi connectivity index (χ3n) is 3.65. The van der Waals surface area contributed by atoms with Crippen LogP contribution in [0, 0.1) is 5.41 Å². The van der Waals surface area contributed by atoms with Gasteiger partial charge >= 0.3 is 12.0 Å². The van der Waals surface area contributed by atoms with Crippen LogP contribution >= 0.6 is 0 Å². The first-order valence-corrected chi connectivity index (χ1v) is 6.80. The van der Waals surface area contributed by atoms with Crippen LogP contribution in [-0.4, -0.2) is 42.2 Å². The molecule has 0 aromatic heterocycles. The van der Waals surface area contributed by atoms with E-state index < -0.39 is 5.97 Å². The Morgan fingerprint density at radius 2 is 2.10 bits per heavy atom. The van der Waals surface area contributed by atoms with Gasteiger partial charge in [0.05, 0.1) is 18.4 Å². The highest BCUT2D eigenvalue weighted by Crippen LogP contribution is 2.30. The van der Waals surface area contributed by atoms with E-state index in [4.69, 9.17) is 9.84 Å². The van der Waals surface area contributed by atoms with Crippen LogP contribution in [-0.2, 0) is 0 Å². The Balaban J connectivity index is 2.16. The monoisotopic (exact) mass is 292 g/mol. The minimum Gasteiger partial charge on any atom is -0.495 e. The quantitative estimate of drug-likeness (QED) is 0.897. The summed E-state index contributed by atoms with van der Waals surface area (Å²) in [4.78, 5) is 25.0. The number of carbonyl (C=O) groups is 2. The Bertz CT molecular complexity index is 569. The molecule has 0 unspecified atom stereocenters. The number of anilines is 1. The van der Waals surface area contributed by atoms with Gasteiger partial charge in [0, 0.05) is 13.1 Å². The average molecular weight is 292 g/mol. The topological polar surface area (TPSA) is 78.9 Å². The van der Waals surface area contributed by atoms with Gasteiger partial charge in [0.15, 0.2) is 0 Å². The summed E-state index contributed by atoms with van der Waals surface area (Å²) in [5.74, 6) is -0.609. The van der Waals surface area contributed by atoms with Crippen LogP contribution < -0.4 is 10.1 Å². The average Bonchev–Trinajstić information content (AvgIpc) is 2.79. The third kappa shape index (κ3) is 3.45. The summed E-state index contributed by atoms with van der Waals surface area (Å²) in [6.45, 7) is 5.61. The lowest BCUT2D eigenvalue weighted by atomic mass is 9.93. The zero-order valence-corrected chi connectivity index (χ0v) is 12.5. The number of likely N-dealkylation sites (tertiary alicyclic amines) is 1. The van der Waals surface area contributed by atoms with Crippen molar-refractivity contribution < 1.29 is 19.4 Å². The van der Waals surface area contributed by atoms with Gasteiger partial charge in [0.1, 0.15) is 5.75 Å². The standard InChI is InChI=1S/C15H20N2O4/c1-15(2)6-7-17(9-15)14(20)16-11-8-10(13(18)19)4-5-12(11)21-3/h4-5,8H,6-7,9H2,1-3H3,(H,16,20)(H,18,19). The van der Waals surface area contributed by atoms with Gasteiger partial charge in [-0.2, -0.15) is 0 Å². The van der Waals surface area contributed by atoms with Gasteiger partial charge in [-0.25, -0.2) is 9.59 Å². The molecule has 1 aliphatic rings. The Morgan fingerprint density at radius 3 is 2.62 bits per heavy atom. The fraction of sp³-hybridized carbons (Fsp3) is 0.467. The van der Waals surface area contributed by atoms with Crippen molar-refractivity contribution in [2.24, 2.45) is 5.41 Å². The van der Waals surface area contributed by atoms with Gasteiger partial charge in [-0.05, 0) is 30.0 Å². The molecule has 2 rings (SSSR count). The van der Waals surface area contributed by atoms with E-state index >= 15 is 0 Å². The number of amides is 2. The lowest BCUT2D eigenvalue weighted by Gasteiger charge is -2.21. The number of carbonyl (C=O) groups excluding carboxylic acids is 1. The van der Waals surface area contributed by atoms with Crippen LogP contribution in [0.15, 0.2) is 18.2 Å². The van der Waals surface area contributed by atoms with E-state index in [2.05, 4.69) is 19.2 Å². The lowest BCUT2D eigenvalue weighted by Crippen LogP contribution is -2.34. The van der Waals surface area contributed by atoms with Crippen molar-refractivity contribution in [2.75, 3.05) is 25.5 Å². The first-order chi connectivity index (χ1) is 9.82. The number of nitrogens with zero attached hydrogens (tertiary/aromatic N) is 1. The molecule has 2 amide bonds. The number of benzene rings is 1. The zero-order chi connectivity index (χ0) is 15.6. The number of rotatable bonds is 3. The highest BCUT2D eigenvalue weighted by atomic mass is 16.5. The smallest absolute Gasteiger partial charge is 0.335 e. The molecule has 6 heteroatoms. The fourth-order valence-corrected chi connectivity index (χ4v) is 2.42. The molecule has 1 aliphatic heterocycles. The number of ether oxygens (including phenoxy) is 1. The number of hydrogen-bond acceptors (Lipinski definition) is 3. The van der Waals surface area contributed by atoms with Crippen LogP contribution in [0.3, 0.4) is 0 Å². The molecular weight excluding hydrogens is 272 g/mol. The van der Waals surface area contributed by atoms with E-state index in [0.29, 0.717) is 24.5 Å². The van der Waals surface area contributed by atoms with Gasteiger partial charge < -0.3 is 20.1 Å². The van der Waals surface area contributed by atoms with E-state index in [1.165, 1.54) is 25.3 Å². The van der Waals surface area contributed by atoms with Crippen molar-refractivity contribution in [3.8, 4) is 5.75 Å². The van der Waals surface area contributed by atoms with E-state index in [9.17, 15) is 9.59 Å². The number of nitrogens with one attached hydrogen (secondary N) is 1. The van der Waals surface area contributed by atoms with Crippen LogP contribution in [0.1, 0.15) is 30.6 Å². The normalized spacial score (nSPS) is 16.6. The molecule has 2 N–H and O–H groups in total. The number of carboxylic acids is 1. The minimum absolute atomic E-state index is 0.104. The Labute approximate surface area is 123 Å². The Hall–Kier alpha value is -2.24. The van der Waals surface area contributed by atoms with Gasteiger partial charge in [0.25, 0.3) is 0 Å². The molecule has 1 fully saturated rings. The Morgan fingerprint density at radius 1 is 1.38 bits per heavy atom. The first kappa shape index (κ1) is 15.2. The maximum atomic E-state index is 12.3. The number of hydrogen-bond donors (Lipinski definition) is 2. The molecule has 114 valence electrons. The summed E-state index contributed by atoms with van der Waals surface area (Å²) in [5, 5.41) is 11.8. The summed E-state index contributed by atoms with van der Waals surface area (Å²) >= 11 is 0. The zero-order valence-electron chi connectivity index (χ0n) is 12.5. The molecule has 0 spiro atoms. The molecule has 1 heterocycles. The van der Waals surface area contributed by atoms with Crippen molar-refractivity contribution in [1.82, 2.24) is 4.90 Å². The predicted molar refractivity (Wildman–Crippen MR) is 78.9 cm³/mol. The van der Waals surface area contributed by atoms with Gasteiger partial charge in [-0.15, -0.1) is 0 Å². The first-order valence-electron chi connectivity index (χ1n) is 6.80. The summed E-state index contributed by atoms with van der Waals surface area (Å²) in [6, 6.07) is 4.14. The molecule has 0 bridgehead atoms. The summed E-state index contributed by atoms with van der Waals surface area (Å²) < 4.78 is 5.16. The summed E-state index contributed by atoms with van der Waals surface area (Å²) in [5.41, 5.74) is 0.588. The molecule has 0 saturated carbocycles. The van der Waals surface area contributed by atoms with E-state index in [-0.39, 0.29) is 17.0 Å². The van der Waals surface area contributed by atoms with Crippen LogP contribution in [0.2, 0.25) is 0 Å².